The summed E-state index contributed by atoms with van der Waals surface area (Å²) < 4.78 is 0. The van der Waals surface area contributed by atoms with Crippen LogP contribution in [0.15, 0.2) is 18.2 Å². The Morgan fingerprint density at radius 1 is 1.41 bits per heavy atom. The fourth-order valence-electron chi connectivity index (χ4n) is 2.41. The fourth-order valence-corrected chi connectivity index (χ4v) is 2.59. The van der Waals surface area contributed by atoms with E-state index in [-0.39, 0.29) is 18.1 Å². The molecule has 6 nitrogen and oxygen atoms in total. The van der Waals surface area contributed by atoms with Gasteiger partial charge in [0.1, 0.15) is 0 Å². The van der Waals surface area contributed by atoms with Gasteiger partial charge in [0.05, 0.1) is 10.7 Å². The van der Waals surface area contributed by atoms with Gasteiger partial charge in [0.2, 0.25) is 0 Å². The highest BCUT2D eigenvalue weighted by atomic mass is 35.5. The van der Waals surface area contributed by atoms with Crippen molar-refractivity contribution >= 4 is 29.4 Å². The van der Waals surface area contributed by atoms with Crippen LogP contribution in [0.1, 0.15) is 18.9 Å². The van der Waals surface area contributed by atoms with Crippen molar-refractivity contribution in [2.24, 2.45) is 0 Å². The molecule has 0 unspecified atom stereocenters. The third kappa shape index (κ3) is 4.04. The first-order valence-corrected chi connectivity index (χ1v) is 7.74. The Labute approximate surface area is 135 Å². The third-order valence-corrected chi connectivity index (χ3v) is 4.08. The number of amides is 4. The summed E-state index contributed by atoms with van der Waals surface area (Å²) in [6, 6.07) is 5.02. The number of carbonyl (C=O) groups is 2. The van der Waals surface area contributed by atoms with E-state index in [2.05, 4.69) is 16.0 Å². The summed E-state index contributed by atoms with van der Waals surface area (Å²) in [5.74, 6) is 0. The summed E-state index contributed by atoms with van der Waals surface area (Å²) >= 11 is 6.15. The number of halogens is 1. The quantitative estimate of drug-likeness (QED) is 0.799. The maximum absolute atomic E-state index is 12.0. The number of hydrogen-bond acceptors (Lipinski definition) is 2. The smallest absolute Gasteiger partial charge is 0.319 e. The molecule has 22 heavy (non-hydrogen) atoms. The van der Waals surface area contributed by atoms with Crippen molar-refractivity contribution in [1.82, 2.24) is 15.5 Å². The maximum atomic E-state index is 12.0. The molecule has 1 aromatic carbocycles. The summed E-state index contributed by atoms with van der Waals surface area (Å²) in [5.41, 5.74) is 1.49. The molecule has 1 fully saturated rings. The summed E-state index contributed by atoms with van der Waals surface area (Å²) in [5, 5.41) is 8.91. The van der Waals surface area contributed by atoms with E-state index < -0.39 is 0 Å². The molecule has 1 aromatic rings. The van der Waals surface area contributed by atoms with Crippen molar-refractivity contribution in [2.75, 3.05) is 25.0 Å². The topological polar surface area (TPSA) is 73.5 Å². The molecule has 7 heteroatoms. The number of aryl methyl sites for hydroxylation is 1. The van der Waals surface area contributed by atoms with E-state index in [0.717, 1.165) is 12.0 Å². The minimum Gasteiger partial charge on any atom is -0.338 e. The van der Waals surface area contributed by atoms with Crippen LogP contribution in [0.2, 0.25) is 5.02 Å². The van der Waals surface area contributed by atoms with Crippen LogP contribution in [0.4, 0.5) is 15.3 Å². The molecule has 1 atom stereocenters. The van der Waals surface area contributed by atoms with Crippen molar-refractivity contribution in [3.8, 4) is 0 Å². The van der Waals surface area contributed by atoms with Gasteiger partial charge in [0.25, 0.3) is 0 Å². The minimum absolute atomic E-state index is 0.0498. The van der Waals surface area contributed by atoms with Crippen molar-refractivity contribution in [3.63, 3.8) is 0 Å². The van der Waals surface area contributed by atoms with Crippen LogP contribution in [0.25, 0.3) is 0 Å². The van der Waals surface area contributed by atoms with Crippen LogP contribution in [-0.4, -0.2) is 42.6 Å². The first-order valence-electron chi connectivity index (χ1n) is 7.36. The predicted molar refractivity (Wildman–Crippen MR) is 87.4 cm³/mol. The van der Waals surface area contributed by atoms with Gasteiger partial charge in [-0.25, -0.2) is 9.59 Å². The summed E-state index contributed by atoms with van der Waals surface area (Å²) in [6.45, 7) is 5.51. The first kappa shape index (κ1) is 16.4. The number of urea groups is 2. The van der Waals surface area contributed by atoms with Gasteiger partial charge >= 0.3 is 12.1 Å². The summed E-state index contributed by atoms with van der Waals surface area (Å²) in [4.78, 5) is 25.5. The monoisotopic (exact) mass is 324 g/mol. The molecule has 1 heterocycles. The highest BCUT2D eigenvalue weighted by Gasteiger charge is 2.27. The molecular weight excluding hydrogens is 304 g/mol. The third-order valence-electron chi connectivity index (χ3n) is 3.58. The SMILES string of the molecule is CCNC(=O)N1CC[C@@H](NC(=O)Nc2cccc(C)c2Cl)C1. The zero-order valence-corrected chi connectivity index (χ0v) is 13.5. The predicted octanol–water partition coefficient (Wildman–Crippen LogP) is 2.57. The Hall–Kier alpha value is -1.95. The van der Waals surface area contributed by atoms with Gasteiger partial charge in [-0.15, -0.1) is 0 Å². The molecule has 0 radical (unpaired) electrons. The molecule has 1 saturated heterocycles. The number of nitrogens with zero attached hydrogens (tertiary/aromatic N) is 1. The number of carbonyl (C=O) groups excluding carboxylic acids is 2. The van der Waals surface area contributed by atoms with Gasteiger partial charge in [-0.1, -0.05) is 23.7 Å². The van der Waals surface area contributed by atoms with Crippen molar-refractivity contribution < 1.29 is 9.59 Å². The van der Waals surface area contributed by atoms with Gasteiger partial charge in [-0.3, -0.25) is 0 Å². The van der Waals surface area contributed by atoms with E-state index in [9.17, 15) is 9.59 Å². The highest BCUT2D eigenvalue weighted by molar-refractivity contribution is 6.34. The highest BCUT2D eigenvalue weighted by Crippen LogP contribution is 2.25. The molecule has 3 N–H and O–H groups in total. The van der Waals surface area contributed by atoms with Crippen LogP contribution in [0.3, 0.4) is 0 Å². The average Bonchev–Trinajstić information content (AvgIpc) is 2.92. The van der Waals surface area contributed by atoms with Gasteiger partial charge in [0.15, 0.2) is 0 Å². The molecular formula is C15H21ClN4O2. The molecule has 0 bridgehead atoms. The number of benzene rings is 1. The van der Waals surface area contributed by atoms with Crippen LogP contribution in [0, 0.1) is 6.92 Å². The van der Waals surface area contributed by atoms with Crippen LogP contribution < -0.4 is 16.0 Å². The maximum Gasteiger partial charge on any atom is 0.319 e. The Balaban J connectivity index is 1.86. The van der Waals surface area contributed by atoms with Gasteiger partial charge in [-0.05, 0) is 31.9 Å². The molecule has 0 aromatic heterocycles. The van der Waals surface area contributed by atoms with Crippen LogP contribution in [-0.2, 0) is 0 Å². The lowest BCUT2D eigenvalue weighted by Gasteiger charge is -2.17. The second kappa shape index (κ2) is 7.35. The van der Waals surface area contributed by atoms with Crippen LogP contribution >= 0.6 is 11.6 Å². The molecule has 2 rings (SSSR count). The van der Waals surface area contributed by atoms with Gasteiger partial charge in [0, 0.05) is 25.7 Å². The fraction of sp³-hybridized carbons (Fsp3) is 0.467. The largest absolute Gasteiger partial charge is 0.338 e. The van der Waals surface area contributed by atoms with E-state index in [1.54, 1.807) is 11.0 Å². The molecule has 0 saturated carbocycles. The van der Waals surface area contributed by atoms with E-state index in [0.29, 0.717) is 30.3 Å². The standard InChI is InChI=1S/C15H21ClN4O2/c1-3-17-15(22)20-8-7-11(9-20)18-14(21)19-12-6-4-5-10(2)13(12)16/h4-6,11H,3,7-9H2,1-2H3,(H,17,22)(H2,18,19,21)/t11-/m1/s1. The molecule has 1 aliphatic heterocycles. The van der Waals surface area contributed by atoms with Crippen molar-refractivity contribution in [2.45, 2.75) is 26.3 Å². The molecule has 0 spiro atoms. The van der Waals surface area contributed by atoms with Crippen LogP contribution in [0.5, 0.6) is 0 Å². The van der Waals surface area contributed by atoms with E-state index in [1.807, 2.05) is 26.0 Å². The number of hydrogen-bond donors (Lipinski definition) is 3. The Morgan fingerprint density at radius 3 is 2.91 bits per heavy atom. The average molecular weight is 325 g/mol. The molecule has 4 amide bonds. The lowest BCUT2D eigenvalue weighted by molar-refractivity contribution is 0.208. The van der Waals surface area contributed by atoms with Crippen molar-refractivity contribution in [1.29, 1.82) is 0 Å². The number of anilines is 1. The Kier molecular flexibility index (Phi) is 5.49. The van der Waals surface area contributed by atoms with E-state index in [1.165, 1.54) is 0 Å². The molecule has 0 aliphatic carbocycles. The Morgan fingerprint density at radius 2 is 2.18 bits per heavy atom. The number of rotatable bonds is 3. The zero-order valence-electron chi connectivity index (χ0n) is 12.8. The molecule has 120 valence electrons. The normalized spacial score (nSPS) is 17.2. The summed E-state index contributed by atoms with van der Waals surface area (Å²) in [6.07, 6.45) is 0.742. The summed E-state index contributed by atoms with van der Waals surface area (Å²) in [7, 11) is 0. The lowest BCUT2D eigenvalue weighted by Crippen LogP contribution is -2.43. The number of nitrogens with one attached hydrogen (secondary N) is 3. The lowest BCUT2D eigenvalue weighted by atomic mass is 10.2. The van der Waals surface area contributed by atoms with Gasteiger partial charge in [-0.2, -0.15) is 0 Å². The first-order chi connectivity index (χ1) is 10.5. The minimum atomic E-state index is -0.310. The van der Waals surface area contributed by atoms with Gasteiger partial charge < -0.3 is 20.9 Å². The van der Waals surface area contributed by atoms with Crippen molar-refractivity contribution in [3.05, 3.63) is 28.8 Å². The number of likely N-dealkylation sites (tertiary alicyclic amines) is 1. The second-order valence-electron chi connectivity index (χ2n) is 5.30. The zero-order chi connectivity index (χ0) is 16.1. The Bertz CT molecular complexity index is 564. The molecule has 1 aliphatic rings. The van der Waals surface area contributed by atoms with E-state index >= 15 is 0 Å². The van der Waals surface area contributed by atoms with E-state index in [4.69, 9.17) is 11.6 Å². The second-order valence-corrected chi connectivity index (χ2v) is 5.68.